The Morgan fingerprint density at radius 1 is 0.535 bits per heavy atom. The maximum atomic E-state index is 4.35. The lowest BCUT2D eigenvalue weighted by Crippen LogP contribution is -2.11. The first kappa shape index (κ1) is 24.1. The average molecular weight is 550 g/mol. The first-order valence-corrected chi connectivity index (χ1v) is 14.8. The van der Waals surface area contributed by atoms with E-state index < -0.39 is 0 Å². The summed E-state index contributed by atoms with van der Waals surface area (Å²) in [6.45, 7) is 0. The van der Waals surface area contributed by atoms with E-state index in [4.69, 9.17) is 0 Å². The fourth-order valence-corrected chi connectivity index (χ4v) is 6.96. The average Bonchev–Trinajstić information content (AvgIpc) is 3.39. The Morgan fingerprint density at radius 2 is 1.26 bits per heavy atom. The smallest absolute Gasteiger partial charge is 0.0596 e. The second-order valence-electron chi connectivity index (χ2n) is 11.5. The number of benzene rings is 5. The zero-order chi connectivity index (χ0) is 28.3. The SMILES string of the molecule is C1=CC2C=CC(c3ccc(-c4ccc(-n5c6ccccc6c6cc7ccccc7cc65)c5cnncc45)cc3)=CC2C=C1. The Bertz CT molecular complexity index is 2350. The van der Waals surface area contributed by atoms with Crippen LogP contribution in [0.5, 0.6) is 0 Å². The van der Waals surface area contributed by atoms with Crippen molar-refractivity contribution >= 4 is 48.9 Å². The van der Waals surface area contributed by atoms with Gasteiger partial charge in [-0.25, -0.2) is 0 Å². The van der Waals surface area contributed by atoms with E-state index in [9.17, 15) is 0 Å². The van der Waals surface area contributed by atoms with Crippen LogP contribution in [0.15, 0.2) is 152 Å². The van der Waals surface area contributed by atoms with Gasteiger partial charge in [-0.15, -0.1) is 0 Å². The first-order chi connectivity index (χ1) is 21.3. The van der Waals surface area contributed by atoms with Gasteiger partial charge in [-0.3, -0.25) is 0 Å². The van der Waals surface area contributed by atoms with Crippen molar-refractivity contribution in [2.24, 2.45) is 11.8 Å². The van der Waals surface area contributed by atoms with Gasteiger partial charge in [0.05, 0.1) is 29.1 Å². The van der Waals surface area contributed by atoms with Crippen molar-refractivity contribution in [3.8, 4) is 16.8 Å². The van der Waals surface area contributed by atoms with Crippen LogP contribution in [0.25, 0.3) is 65.7 Å². The fourth-order valence-electron chi connectivity index (χ4n) is 6.96. The molecule has 0 aliphatic heterocycles. The molecule has 2 heterocycles. The van der Waals surface area contributed by atoms with Crippen LogP contribution in [0.4, 0.5) is 0 Å². The Hall–Kier alpha value is -5.54. The third kappa shape index (κ3) is 3.82. The number of rotatable bonds is 3. The lowest BCUT2D eigenvalue weighted by atomic mass is 9.81. The zero-order valence-corrected chi connectivity index (χ0v) is 23.4. The molecule has 0 amide bonds. The Morgan fingerprint density at radius 3 is 2.12 bits per heavy atom. The second kappa shape index (κ2) is 9.50. The van der Waals surface area contributed by atoms with E-state index in [1.54, 1.807) is 0 Å². The molecule has 43 heavy (non-hydrogen) atoms. The molecular formula is C40H27N3. The van der Waals surface area contributed by atoms with E-state index >= 15 is 0 Å². The van der Waals surface area contributed by atoms with Gasteiger partial charge in [0.1, 0.15) is 0 Å². The van der Waals surface area contributed by atoms with Crippen molar-refractivity contribution in [2.45, 2.75) is 0 Å². The molecule has 0 N–H and O–H groups in total. The molecule has 9 rings (SSSR count). The van der Waals surface area contributed by atoms with Crippen LogP contribution >= 0.6 is 0 Å². The number of hydrogen-bond donors (Lipinski definition) is 0. The van der Waals surface area contributed by atoms with Crippen molar-refractivity contribution in [3.05, 3.63) is 158 Å². The number of aromatic nitrogens is 3. The topological polar surface area (TPSA) is 30.7 Å². The minimum absolute atomic E-state index is 0.429. The van der Waals surface area contributed by atoms with Crippen molar-refractivity contribution in [2.75, 3.05) is 0 Å². The van der Waals surface area contributed by atoms with Gasteiger partial charge < -0.3 is 4.57 Å². The third-order valence-electron chi connectivity index (χ3n) is 9.11. The van der Waals surface area contributed by atoms with Gasteiger partial charge in [-0.05, 0) is 57.3 Å². The summed E-state index contributed by atoms with van der Waals surface area (Å²) in [4.78, 5) is 0. The predicted molar refractivity (Wildman–Crippen MR) is 179 cm³/mol. The van der Waals surface area contributed by atoms with E-state index in [-0.39, 0.29) is 0 Å². The Balaban J connectivity index is 1.19. The molecular weight excluding hydrogens is 522 g/mol. The minimum atomic E-state index is 0.429. The molecule has 2 aromatic heterocycles. The minimum Gasteiger partial charge on any atom is -0.309 e. The van der Waals surface area contributed by atoms with E-state index in [2.05, 4.69) is 154 Å². The second-order valence-corrected chi connectivity index (χ2v) is 11.5. The van der Waals surface area contributed by atoms with Crippen molar-refractivity contribution in [3.63, 3.8) is 0 Å². The maximum Gasteiger partial charge on any atom is 0.0596 e. The van der Waals surface area contributed by atoms with Gasteiger partial charge >= 0.3 is 0 Å². The maximum absolute atomic E-state index is 4.35. The summed E-state index contributed by atoms with van der Waals surface area (Å²) in [6.07, 6.45) is 19.6. The molecule has 202 valence electrons. The normalized spacial score (nSPS) is 17.6. The highest BCUT2D eigenvalue weighted by atomic mass is 15.1. The lowest BCUT2D eigenvalue weighted by Gasteiger charge is -2.23. The van der Waals surface area contributed by atoms with Crippen LogP contribution in [0.3, 0.4) is 0 Å². The van der Waals surface area contributed by atoms with E-state index in [1.165, 1.54) is 49.3 Å². The van der Waals surface area contributed by atoms with E-state index in [0.717, 1.165) is 22.0 Å². The summed E-state index contributed by atoms with van der Waals surface area (Å²) in [7, 11) is 0. The molecule has 2 aliphatic rings. The quantitative estimate of drug-likeness (QED) is 0.220. The van der Waals surface area contributed by atoms with Crippen LogP contribution in [0.1, 0.15) is 5.56 Å². The first-order valence-electron chi connectivity index (χ1n) is 14.8. The molecule has 2 aliphatic carbocycles. The molecule has 0 saturated heterocycles. The summed E-state index contributed by atoms with van der Waals surface area (Å²) < 4.78 is 2.39. The summed E-state index contributed by atoms with van der Waals surface area (Å²) >= 11 is 0. The number of hydrogen-bond acceptors (Lipinski definition) is 2. The standard InChI is InChI=1S/C40H27N3/c1-2-8-29-21-32(18-15-26(29)7-1)27-13-16-28(17-14-27)33-19-20-39(37-25-42-41-24-36(33)37)43-38-12-6-5-11-34(38)35-22-30-9-3-4-10-31(30)23-40(35)43/h1-26,29H. The fraction of sp³-hybridized carbons (Fsp3) is 0.0500. The van der Waals surface area contributed by atoms with Gasteiger partial charge in [0, 0.05) is 33.4 Å². The molecule has 5 aromatic carbocycles. The molecule has 2 unspecified atom stereocenters. The lowest BCUT2D eigenvalue weighted by molar-refractivity contribution is 0.663. The Labute approximate surface area is 249 Å². The molecule has 0 bridgehead atoms. The summed E-state index contributed by atoms with van der Waals surface area (Å²) in [6, 6.07) is 35.3. The molecule has 0 spiro atoms. The summed E-state index contributed by atoms with van der Waals surface area (Å²) in [5, 5.41) is 15.8. The highest BCUT2D eigenvalue weighted by Crippen LogP contribution is 2.39. The van der Waals surface area contributed by atoms with Crippen molar-refractivity contribution < 1.29 is 0 Å². The van der Waals surface area contributed by atoms with Crippen LogP contribution in [0.2, 0.25) is 0 Å². The van der Waals surface area contributed by atoms with E-state index in [0.29, 0.717) is 11.8 Å². The molecule has 0 fully saturated rings. The number of nitrogens with zero attached hydrogens (tertiary/aromatic N) is 3. The molecule has 3 heteroatoms. The zero-order valence-electron chi connectivity index (χ0n) is 23.4. The van der Waals surface area contributed by atoms with Gasteiger partial charge in [0.15, 0.2) is 0 Å². The molecule has 0 saturated carbocycles. The third-order valence-corrected chi connectivity index (χ3v) is 9.11. The predicted octanol–water partition coefficient (Wildman–Crippen LogP) is 9.86. The summed E-state index contributed by atoms with van der Waals surface area (Å²) in [5.74, 6) is 0.894. The Kier molecular flexibility index (Phi) is 5.32. The van der Waals surface area contributed by atoms with E-state index in [1.807, 2.05) is 12.4 Å². The molecule has 3 nitrogen and oxygen atoms in total. The monoisotopic (exact) mass is 549 g/mol. The molecule has 0 radical (unpaired) electrons. The van der Waals surface area contributed by atoms with Crippen LogP contribution < -0.4 is 0 Å². The number of para-hydroxylation sites is 1. The highest BCUT2D eigenvalue weighted by Gasteiger charge is 2.19. The van der Waals surface area contributed by atoms with Crippen LogP contribution in [-0.2, 0) is 0 Å². The number of allylic oxidation sites excluding steroid dienone is 8. The molecule has 7 aromatic rings. The van der Waals surface area contributed by atoms with Crippen LogP contribution in [-0.4, -0.2) is 14.8 Å². The largest absolute Gasteiger partial charge is 0.309 e. The number of fused-ring (bicyclic) bond motifs is 6. The van der Waals surface area contributed by atoms with Crippen molar-refractivity contribution in [1.82, 2.24) is 14.8 Å². The van der Waals surface area contributed by atoms with Gasteiger partial charge in [-0.1, -0.05) is 115 Å². The summed E-state index contributed by atoms with van der Waals surface area (Å²) in [5.41, 5.74) is 8.31. The van der Waals surface area contributed by atoms with Gasteiger partial charge in [0.2, 0.25) is 0 Å². The van der Waals surface area contributed by atoms with Gasteiger partial charge in [0.25, 0.3) is 0 Å². The highest BCUT2D eigenvalue weighted by molar-refractivity contribution is 6.15. The van der Waals surface area contributed by atoms with Crippen molar-refractivity contribution in [1.29, 1.82) is 0 Å². The molecule has 2 atom stereocenters. The van der Waals surface area contributed by atoms with Crippen LogP contribution in [0, 0.1) is 11.8 Å². The van der Waals surface area contributed by atoms with Gasteiger partial charge in [-0.2, -0.15) is 10.2 Å².